The summed E-state index contributed by atoms with van der Waals surface area (Å²) in [4.78, 5) is 16.8. The average molecular weight is 295 g/mol. The van der Waals surface area contributed by atoms with Crippen molar-refractivity contribution in [1.29, 1.82) is 0 Å². The van der Waals surface area contributed by atoms with Crippen LogP contribution in [0.4, 0.5) is 10.5 Å². The van der Waals surface area contributed by atoms with E-state index in [-0.39, 0.29) is 12.2 Å². The van der Waals surface area contributed by atoms with Gasteiger partial charge in [0, 0.05) is 18.8 Å². The quantitative estimate of drug-likeness (QED) is 0.919. The number of amides is 2. The maximum atomic E-state index is 12.7. The molecule has 0 bridgehead atoms. The molecule has 0 aliphatic carbocycles. The molecule has 0 spiro atoms. The first kappa shape index (κ1) is 14.6. The van der Waals surface area contributed by atoms with Gasteiger partial charge in [0.1, 0.15) is 6.17 Å². The van der Waals surface area contributed by atoms with Crippen LogP contribution in [-0.2, 0) is 0 Å². The fourth-order valence-electron chi connectivity index (χ4n) is 2.96. The number of carbonyl (C=O) groups is 1. The summed E-state index contributed by atoms with van der Waals surface area (Å²) in [7, 11) is 2.07. The maximum absolute atomic E-state index is 12.7. The fraction of sp³-hybridized carbons (Fsp3) is 0.278. The molecular weight excluding hydrogens is 274 g/mol. The van der Waals surface area contributed by atoms with Gasteiger partial charge in [0.25, 0.3) is 0 Å². The summed E-state index contributed by atoms with van der Waals surface area (Å²) in [6.07, 6.45) is 0.973. The average Bonchev–Trinajstić information content (AvgIpc) is 2.56. The summed E-state index contributed by atoms with van der Waals surface area (Å²) < 4.78 is 0. The van der Waals surface area contributed by atoms with Crippen LogP contribution in [-0.4, -0.2) is 36.0 Å². The van der Waals surface area contributed by atoms with Gasteiger partial charge in [-0.05, 0) is 31.2 Å². The van der Waals surface area contributed by atoms with Gasteiger partial charge in [-0.3, -0.25) is 4.90 Å². The number of hydrogen-bond acceptors (Lipinski definition) is 2. The molecule has 1 atom stereocenters. The Morgan fingerprint density at radius 2 is 1.64 bits per heavy atom. The van der Waals surface area contributed by atoms with Crippen molar-refractivity contribution in [1.82, 2.24) is 9.80 Å². The number of carbonyl (C=O) groups excluding carboxylic acids is 1. The van der Waals surface area contributed by atoms with E-state index in [0.717, 1.165) is 30.8 Å². The molecule has 114 valence electrons. The van der Waals surface area contributed by atoms with E-state index in [9.17, 15) is 4.79 Å². The van der Waals surface area contributed by atoms with Crippen molar-refractivity contribution in [3.05, 3.63) is 66.2 Å². The molecule has 2 amide bonds. The molecule has 2 aromatic carbocycles. The molecule has 4 nitrogen and oxygen atoms in total. The standard InChI is InChI=1S/C18H21N3O/c1-20-13-8-14-21(17(20)15-9-4-2-5-10-15)18(22)19-16-11-6-3-7-12-16/h2-7,9-12,17H,8,13-14H2,1H3,(H,19,22). The first-order chi connectivity index (χ1) is 10.8. The monoisotopic (exact) mass is 295 g/mol. The highest BCUT2D eigenvalue weighted by molar-refractivity contribution is 5.89. The molecule has 0 aromatic heterocycles. The SMILES string of the molecule is CN1CCCN(C(=O)Nc2ccccc2)C1c1ccccc1. The highest BCUT2D eigenvalue weighted by atomic mass is 16.2. The van der Waals surface area contributed by atoms with Crippen molar-refractivity contribution >= 4 is 11.7 Å². The first-order valence-electron chi connectivity index (χ1n) is 7.63. The first-order valence-corrected chi connectivity index (χ1v) is 7.63. The summed E-state index contributed by atoms with van der Waals surface area (Å²) in [5.41, 5.74) is 1.97. The van der Waals surface area contributed by atoms with E-state index in [0.29, 0.717) is 0 Å². The summed E-state index contributed by atoms with van der Waals surface area (Å²) in [5.74, 6) is 0. The molecule has 1 saturated heterocycles. The molecule has 1 fully saturated rings. The van der Waals surface area contributed by atoms with Gasteiger partial charge >= 0.3 is 6.03 Å². The summed E-state index contributed by atoms with van der Waals surface area (Å²) in [6.45, 7) is 1.76. The Balaban J connectivity index is 1.81. The van der Waals surface area contributed by atoms with Crippen molar-refractivity contribution in [2.24, 2.45) is 0 Å². The Labute approximate surface area is 131 Å². The third-order valence-electron chi connectivity index (χ3n) is 4.01. The van der Waals surface area contributed by atoms with Gasteiger partial charge in [-0.1, -0.05) is 48.5 Å². The van der Waals surface area contributed by atoms with Crippen LogP contribution in [0.2, 0.25) is 0 Å². The van der Waals surface area contributed by atoms with Gasteiger partial charge < -0.3 is 10.2 Å². The second kappa shape index (κ2) is 6.62. The number of rotatable bonds is 2. The molecule has 1 heterocycles. The van der Waals surface area contributed by atoms with Crippen molar-refractivity contribution in [2.45, 2.75) is 12.6 Å². The number of anilines is 1. The van der Waals surface area contributed by atoms with Crippen molar-refractivity contribution < 1.29 is 4.79 Å². The Morgan fingerprint density at radius 3 is 2.32 bits per heavy atom. The predicted molar refractivity (Wildman–Crippen MR) is 88.6 cm³/mol. The molecule has 3 rings (SSSR count). The van der Waals surface area contributed by atoms with E-state index in [2.05, 4.69) is 29.4 Å². The van der Waals surface area contributed by atoms with Gasteiger partial charge in [0.2, 0.25) is 0 Å². The zero-order chi connectivity index (χ0) is 15.4. The van der Waals surface area contributed by atoms with Gasteiger partial charge in [-0.2, -0.15) is 0 Å². The molecule has 4 heteroatoms. The predicted octanol–water partition coefficient (Wildman–Crippen LogP) is 3.55. The van der Waals surface area contributed by atoms with E-state index >= 15 is 0 Å². The Hall–Kier alpha value is -2.33. The number of urea groups is 1. The maximum Gasteiger partial charge on any atom is 0.323 e. The lowest BCUT2D eigenvalue weighted by atomic mass is 10.1. The minimum absolute atomic E-state index is 0.0151. The molecule has 1 unspecified atom stereocenters. The highest BCUT2D eigenvalue weighted by Crippen LogP contribution is 2.28. The number of benzene rings is 2. The van der Waals surface area contributed by atoms with E-state index in [1.54, 1.807) is 0 Å². The molecule has 0 radical (unpaired) electrons. The van der Waals surface area contributed by atoms with E-state index in [1.807, 2.05) is 53.4 Å². The lowest BCUT2D eigenvalue weighted by molar-refractivity contribution is 0.0532. The lowest BCUT2D eigenvalue weighted by Crippen LogP contribution is -2.50. The third kappa shape index (κ3) is 3.12. The third-order valence-corrected chi connectivity index (χ3v) is 4.01. The molecule has 1 N–H and O–H groups in total. The van der Waals surface area contributed by atoms with E-state index in [4.69, 9.17) is 0 Å². The van der Waals surface area contributed by atoms with Crippen LogP contribution in [0, 0.1) is 0 Å². The van der Waals surface area contributed by atoms with Crippen LogP contribution < -0.4 is 5.32 Å². The molecule has 1 aliphatic rings. The summed E-state index contributed by atoms with van der Waals surface area (Å²) in [6, 6.07) is 19.7. The minimum atomic E-state index is -0.0494. The topological polar surface area (TPSA) is 35.6 Å². The van der Waals surface area contributed by atoms with Crippen molar-refractivity contribution in [3.8, 4) is 0 Å². The van der Waals surface area contributed by atoms with Gasteiger partial charge in [-0.15, -0.1) is 0 Å². The second-order valence-electron chi connectivity index (χ2n) is 5.61. The number of nitrogens with zero attached hydrogens (tertiary/aromatic N) is 2. The summed E-state index contributed by atoms with van der Waals surface area (Å²) >= 11 is 0. The minimum Gasteiger partial charge on any atom is -0.308 e. The van der Waals surface area contributed by atoms with Crippen LogP contribution in [0.15, 0.2) is 60.7 Å². The van der Waals surface area contributed by atoms with Crippen LogP contribution in [0.5, 0.6) is 0 Å². The highest BCUT2D eigenvalue weighted by Gasteiger charge is 2.31. The number of para-hydroxylation sites is 1. The number of hydrogen-bond donors (Lipinski definition) is 1. The Kier molecular flexibility index (Phi) is 4.39. The smallest absolute Gasteiger partial charge is 0.308 e. The van der Waals surface area contributed by atoms with Crippen LogP contribution in [0.1, 0.15) is 18.2 Å². The molecule has 0 saturated carbocycles. The van der Waals surface area contributed by atoms with Gasteiger partial charge in [-0.25, -0.2) is 4.79 Å². The molecular formula is C18H21N3O. The zero-order valence-corrected chi connectivity index (χ0v) is 12.8. The van der Waals surface area contributed by atoms with Crippen LogP contribution in [0.3, 0.4) is 0 Å². The Bertz CT molecular complexity index is 615. The molecule has 22 heavy (non-hydrogen) atoms. The largest absolute Gasteiger partial charge is 0.323 e. The van der Waals surface area contributed by atoms with Gasteiger partial charge in [0.15, 0.2) is 0 Å². The van der Waals surface area contributed by atoms with Crippen LogP contribution in [0.25, 0.3) is 0 Å². The fourth-order valence-corrected chi connectivity index (χ4v) is 2.96. The molecule has 2 aromatic rings. The Morgan fingerprint density at radius 1 is 1.00 bits per heavy atom. The second-order valence-corrected chi connectivity index (χ2v) is 5.61. The van der Waals surface area contributed by atoms with E-state index < -0.39 is 0 Å². The van der Waals surface area contributed by atoms with Crippen molar-refractivity contribution in [3.63, 3.8) is 0 Å². The lowest BCUT2D eigenvalue weighted by Gasteiger charge is -2.42. The summed E-state index contributed by atoms with van der Waals surface area (Å²) in [5, 5.41) is 2.99. The zero-order valence-electron chi connectivity index (χ0n) is 12.8. The van der Waals surface area contributed by atoms with Gasteiger partial charge in [0.05, 0.1) is 0 Å². The molecule has 1 aliphatic heterocycles. The van der Waals surface area contributed by atoms with E-state index in [1.165, 1.54) is 0 Å². The normalized spacial score (nSPS) is 19.0. The van der Waals surface area contributed by atoms with Crippen molar-refractivity contribution in [2.75, 3.05) is 25.5 Å². The van der Waals surface area contributed by atoms with Crippen LogP contribution >= 0.6 is 0 Å². The number of nitrogens with one attached hydrogen (secondary N) is 1.